The molecule has 172 valence electrons. The lowest BCUT2D eigenvalue weighted by Gasteiger charge is -2.22. The van der Waals surface area contributed by atoms with E-state index in [-0.39, 0.29) is 24.6 Å². The summed E-state index contributed by atoms with van der Waals surface area (Å²) in [7, 11) is -3.92. The van der Waals surface area contributed by atoms with Crippen molar-refractivity contribution in [2.75, 3.05) is 18.5 Å². The normalized spacial score (nSPS) is 11.2. The second-order valence-corrected chi connectivity index (χ2v) is 9.91. The van der Waals surface area contributed by atoms with Crippen molar-refractivity contribution in [2.24, 2.45) is 0 Å². The minimum absolute atomic E-state index is 0.0275. The van der Waals surface area contributed by atoms with Crippen molar-refractivity contribution < 1.29 is 22.7 Å². The fourth-order valence-electron chi connectivity index (χ4n) is 3.03. The van der Waals surface area contributed by atoms with Crippen molar-refractivity contribution in [3.63, 3.8) is 0 Å². The van der Waals surface area contributed by atoms with Crippen LogP contribution in [0.25, 0.3) is 0 Å². The van der Waals surface area contributed by atoms with Crippen molar-refractivity contribution in [1.29, 1.82) is 0 Å². The number of esters is 1. The number of hydrogen-bond acceptors (Lipinski definition) is 5. The number of hydrogen-bond donors (Lipinski definition) is 1. The molecule has 7 nitrogen and oxygen atoms in total. The molecule has 1 N–H and O–H groups in total. The first-order valence-electron chi connectivity index (χ1n) is 10.2. The van der Waals surface area contributed by atoms with Crippen molar-refractivity contribution in [3.8, 4) is 0 Å². The molecule has 0 heterocycles. The van der Waals surface area contributed by atoms with Gasteiger partial charge in [0.1, 0.15) is 0 Å². The molecule has 9 heteroatoms. The van der Waals surface area contributed by atoms with Crippen LogP contribution in [0.4, 0.5) is 5.69 Å². The number of amides is 1. The van der Waals surface area contributed by atoms with E-state index in [2.05, 4.69) is 21.2 Å². The zero-order chi connectivity index (χ0) is 23.8. The predicted molar refractivity (Wildman–Crippen MR) is 129 cm³/mol. The molecule has 0 aliphatic heterocycles. The monoisotopic (exact) mass is 530 g/mol. The van der Waals surface area contributed by atoms with Gasteiger partial charge in [0, 0.05) is 16.7 Å². The number of anilines is 1. The van der Waals surface area contributed by atoms with E-state index in [1.165, 1.54) is 24.3 Å². The fourth-order valence-corrected chi connectivity index (χ4v) is 4.70. The number of ether oxygens (including phenoxy) is 1. The third-order valence-electron chi connectivity index (χ3n) is 4.65. The summed E-state index contributed by atoms with van der Waals surface area (Å²) in [4.78, 5) is 24.6. The summed E-state index contributed by atoms with van der Waals surface area (Å²) in [6, 6.07) is 21.4. The Balaban J connectivity index is 1.78. The van der Waals surface area contributed by atoms with Crippen LogP contribution >= 0.6 is 15.9 Å². The molecule has 3 aromatic carbocycles. The molecule has 0 aromatic heterocycles. The molecule has 1 amide bonds. The highest BCUT2D eigenvalue weighted by molar-refractivity contribution is 9.10. The maximum absolute atomic E-state index is 13.3. The summed E-state index contributed by atoms with van der Waals surface area (Å²) >= 11 is 3.36. The molecule has 0 bridgehead atoms. The van der Waals surface area contributed by atoms with Crippen LogP contribution in [0.3, 0.4) is 0 Å². The second kappa shape index (κ2) is 11.2. The van der Waals surface area contributed by atoms with E-state index >= 15 is 0 Å². The van der Waals surface area contributed by atoms with E-state index in [0.717, 1.165) is 14.3 Å². The summed E-state index contributed by atoms with van der Waals surface area (Å²) in [5.41, 5.74) is 1.54. The van der Waals surface area contributed by atoms with Gasteiger partial charge in [-0.3, -0.25) is 4.79 Å². The van der Waals surface area contributed by atoms with Gasteiger partial charge in [0.2, 0.25) is 15.9 Å². The maximum atomic E-state index is 13.3. The number of carbonyl (C=O) groups excluding carboxylic acids is 2. The molecular formula is C24H23BrN2O5S. The molecule has 0 atom stereocenters. The largest absolute Gasteiger partial charge is 0.462 e. The van der Waals surface area contributed by atoms with Crippen LogP contribution in [0.2, 0.25) is 0 Å². The first kappa shape index (κ1) is 24.6. The van der Waals surface area contributed by atoms with Crippen molar-refractivity contribution in [2.45, 2.75) is 18.4 Å². The molecule has 0 fully saturated rings. The minimum Gasteiger partial charge on any atom is -0.462 e. The average Bonchev–Trinajstić information content (AvgIpc) is 2.81. The van der Waals surface area contributed by atoms with Gasteiger partial charge in [0.05, 0.1) is 23.6 Å². The Morgan fingerprint density at radius 2 is 1.58 bits per heavy atom. The molecule has 3 rings (SSSR count). The number of benzene rings is 3. The van der Waals surface area contributed by atoms with Gasteiger partial charge in [0.25, 0.3) is 0 Å². The van der Waals surface area contributed by atoms with Gasteiger partial charge in [-0.05, 0) is 61.0 Å². The molecule has 0 unspecified atom stereocenters. The predicted octanol–water partition coefficient (Wildman–Crippen LogP) is 4.46. The van der Waals surface area contributed by atoms with Crippen LogP contribution < -0.4 is 5.32 Å². The quantitative estimate of drug-likeness (QED) is 0.412. The highest BCUT2D eigenvalue weighted by Crippen LogP contribution is 2.20. The molecule has 0 aliphatic carbocycles. The van der Waals surface area contributed by atoms with Crippen LogP contribution in [0.15, 0.2) is 88.2 Å². The zero-order valence-corrected chi connectivity index (χ0v) is 20.3. The second-order valence-electron chi connectivity index (χ2n) is 7.06. The summed E-state index contributed by atoms with van der Waals surface area (Å²) in [5.74, 6) is -0.958. The fraction of sp³-hybridized carbons (Fsp3) is 0.167. The Labute approximate surface area is 201 Å². The van der Waals surface area contributed by atoms with Crippen molar-refractivity contribution in [3.05, 3.63) is 94.5 Å². The molecule has 0 radical (unpaired) electrons. The summed E-state index contributed by atoms with van der Waals surface area (Å²) < 4.78 is 33.5. The van der Waals surface area contributed by atoms with E-state index in [1.807, 2.05) is 12.1 Å². The topological polar surface area (TPSA) is 92.8 Å². The van der Waals surface area contributed by atoms with Gasteiger partial charge in [-0.1, -0.05) is 46.3 Å². The number of halogens is 1. The lowest BCUT2D eigenvalue weighted by molar-refractivity contribution is -0.116. The van der Waals surface area contributed by atoms with E-state index in [9.17, 15) is 18.0 Å². The van der Waals surface area contributed by atoms with Crippen LogP contribution in [0.1, 0.15) is 22.8 Å². The standard InChI is InChI=1S/C24H23BrN2O5S/c1-2-32-24(29)19-10-14-21(15-11-19)26-23(28)17-27(16-18-8-12-20(25)13-9-18)33(30,31)22-6-4-3-5-7-22/h3-15H,2,16-17H2,1H3,(H,26,28). The Morgan fingerprint density at radius 3 is 2.18 bits per heavy atom. The summed E-state index contributed by atoms with van der Waals surface area (Å²) in [6.45, 7) is 1.63. The Bertz CT molecular complexity index is 1200. The van der Waals surface area contributed by atoms with Crippen molar-refractivity contribution in [1.82, 2.24) is 4.31 Å². The first-order valence-corrected chi connectivity index (χ1v) is 12.4. The molecule has 0 spiro atoms. The molecular weight excluding hydrogens is 508 g/mol. The van der Waals surface area contributed by atoms with Crippen LogP contribution in [-0.2, 0) is 26.1 Å². The van der Waals surface area contributed by atoms with E-state index < -0.39 is 21.9 Å². The number of nitrogens with one attached hydrogen (secondary N) is 1. The smallest absolute Gasteiger partial charge is 0.338 e. The summed E-state index contributed by atoms with van der Waals surface area (Å²) in [6.07, 6.45) is 0. The lowest BCUT2D eigenvalue weighted by Crippen LogP contribution is -2.37. The Kier molecular flexibility index (Phi) is 8.37. The van der Waals surface area contributed by atoms with E-state index in [0.29, 0.717) is 11.3 Å². The van der Waals surface area contributed by atoms with Crippen LogP contribution in [0.5, 0.6) is 0 Å². The number of sulfonamides is 1. The summed E-state index contributed by atoms with van der Waals surface area (Å²) in [5, 5.41) is 2.68. The number of rotatable bonds is 9. The number of carbonyl (C=O) groups is 2. The van der Waals surface area contributed by atoms with E-state index in [4.69, 9.17) is 4.74 Å². The first-order chi connectivity index (χ1) is 15.8. The Morgan fingerprint density at radius 1 is 0.939 bits per heavy atom. The van der Waals surface area contributed by atoms with E-state index in [1.54, 1.807) is 49.4 Å². The molecule has 3 aromatic rings. The highest BCUT2D eigenvalue weighted by Gasteiger charge is 2.27. The molecule has 0 aliphatic rings. The van der Waals surface area contributed by atoms with Crippen LogP contribution in [-0.4, -0.2) is 37.8 Å². The molecule has 33 heavy (non-hydrogen) atoms. The molecule has 0 saturated carbocycles. The van der Waals surface area contributed by atoms with Gasteiger partial charge in [0.15, 0.2) is 0 Å². The van der Waals surface area contributed by atoms with Gasteiger partial charge >= 0.3 is 5.97 Å². The Hall–Kier alpha value is -3.01. The number of nitrogens with zero attached hydrogens (tertiary/aromatic N) is 1. The van der Waals surface area contributed by atoms with Gasteiger partial charge < -0.3 is 10.1 Å². The lowest BCUT2D eigenvalue weighted by atomic mass is 10.2. The van der Waals surface area contributed by atoms with Gasteiger partial charge in [-0.2, -0.15) is 4.31 Å². The average molecular weight is 531 g/mol. The third-order valence-corrected chi connectivity index (χ3v) is 6.99. The molecule has 0 saturated heterocycles. The highest BCUT2D eigenvalue weighted by atomic mass is 79.9. The third kappa shape index (κ3) is 6.74. The minimum atomic E-state index is -3.92. The van der Waals surface area contributed by atoms with Gasteiger partial charge in [-0.15, -0.1) is 0 Å². The van der Waals surface area contributed by atoms with Crippen LogP contribution in [0, 0.1) is 0 Å². The SMILES string of the molecule is CCOC(=O)c1ccc(NC(=O)CN(Cc2ccc(Br)cc2)S(=O)(=O)c2ccccc2)cc1. The zero-order valence-electron chi connectivity index (χ0n) is 17.9. The maximum Gasteiger partial charge on any atom is 0.338 e. The van der Waals surface area contributed by atoms with Crippen molar-refractivity contribution >= 4 is 43.5 Å². The van der Waals surface area contributed by atoms with Gasteiger partial charge in [-0.25, -0.2) is 13.2 Å².